The fraction of sp³-hybridized carbons (Fsp3) is 0.323. The molecule has 6 aromatic rings. The molecule has 11 atom stereocenters. The van der Waals surface area contributed by atoms with Crippen LogP contribution < -0.4 is 0 Å². The number of ketones is 4. The molecule has 0 bridgehead atoms. The van der Waals surface area contributed by atoms with Crippen LogP contribution in [-0.2, 0) is 68.2 Å². The van der Waals surface area contributed by atoms with E-state index in [1.165, 1.54) is 0 Å². The van der Waals surface area contributed by atoms with Crippen molar-refractivity contribution in [1.82, 2.24) is 0 Å². The van der Waals surface area contributed by atoms with Crippen LogP contribution in [-0.4, -0.2) is 133 Å². The molecule has 0 saturated carbocycles. The van der Waals surface area contributed by atoms with Crippen molar-refractivity contribution in [2.24, 2.45) is 0 Å². The Balaban J connectivity index is 1.76. The average Bonchev–Trinajstić information content (AvgIpc) is 3.29. The lowest BCUT2D eigenvalue weighted by molar-refractivity contribution is -0.424. The minimum atomic E-state index is -3.92. The van der Waals surface area contributed by atoms with Crippen LogP contribution in [0.3, 0.4) is 0 Å². The van der Waals surface area contributed by atoms with E-state index in [-0.39, 0.29) is 33.4 Å². The topological polar surface area (TPSA) is 259 Å². The van der Waals surface area contributed by atoms with Crippen LogP contribution in [0.25, 0.3) is 0 Å². The zero-order chi connectivity index (χ0) is 57.1. The molecule has 17 nitrogen and oxygen atoms in total. The average molecular weight is 1080 g/mol. The van der Waals surface area contributed by atoms with E-state index in [9.17, 15) is 35.1 Å². The number of Topliss-reactive ketones (excluding diaryl/α,β-unsaturated/α-hetero) is 4. The number of esters is 2. The second kappa shape index (κ2) is 22.7. The normalized spacial score (nSPS) is 26.9. The van der Waals surface area contributed by atoms with Gasteiger partial charge in [-0.1, -0.05) is 182 Å². The molecule has 5 N–H and O–H groups in total. The number of carbonyl (C=O) groups is 6. The smallest absolute Gasteiger partial charge is 0.303 e. The molecule has 2 fully saturated rings. The molecular weight excluding hydrogens is 1020 g/mol. The summed E-state index contributed by atoms with van der Waals surface area (Å²) in [6.07, 6.45) is -16.1. The highest BCUT2D eigenvalue weighted by atomic mass is 16.8. The van der Waals surface area contributed by atoms with E-state index in [0.717, 1.165) is 41.5 Å². The number of rotatable bonds is 19. The molecule has 1 unspecified atom stereocenters. The first-order valence-corrected chi connectivity index (χ1v) is 25.5. The summed E-state index contributed by atoms with van der Waals surface area (Å²) in [5, 5.41) is 57.3. The molecular formula is C62H62O17. The lowest BCUT2D eigenvalue weighted by atomic mass is 9.45. The summed E-state index contributed by atoms with van der Waals surface area (Å²) in [5.41, 5.74) is -18.6. The predicted molar refractivity (Wildman–Crippen MR) is 282 cm³/mol. The first-order valence-electron chi connectivity index (χ1n) is 25.5. The predicted octanol–water partition coefficient (Wildman–Crippen LogP) is 5.00. The number of aliphatic hydroxyl groups is 5. The van der Waals surface area contributed by atoms with Crippen LogP contribution in [0.5, 0.6) is 0 Å². The summed E-state index contributed by atoms with van der Waals surface area (Å²) >= 11 is 0. The van der Waals surface area contributed by atoms with Crippen LogP contribution in [0.1, 0.15) is 74.9 Å². The quantitative estimate of drug-likeness (QED) is 0.0528. The monoisotopic (exact) mass is 1080 g/mol. The van der Waals surface area contributed by atoms with E-state index in [0.29, 0.717) is 0 Å². The van der Waals surface area contributed by atoms with E-state index < -0.39 is 118 Å². The van der Waals surface area contributed by atoms with E-state index in [1.807, 2.05) is 0 Å². The highest BCUT2D eigenvalue weighted by Crippen LogP contribution is 2.66. The van der Waals surface area contributed by atoms with Gasteiger partial charge >= 0.3 is 11.9 Å². The number of benzene rings is 6. The Morgan fingerprint density at radius 2 is 0.861 bits per heavy atom. The highest BCUT2D eigenvalue weighted by Gasteiger charge is 2.92. The van der Waals surface area contributed by atoms with E-state index in [4.69, 9.17) is 28.4 Å². The molecule has 2 aliphatic heterocycles. The van der Waals surface area contributed by atoms with Gasteiger partial charge in [0.15, 0.2) is 47.4 Å². The number of carbonyl (C=O) groups excluding carboxylic acids is 6. The Labute approximate surface area is 456 Å². The zero-order valence-electron chi connectivity index (χ0n) is 44.2. The van der Waals surface area contributed by atoms with Gasteiger partial charge < -0.3 is 54.0 Å². The summed E-state index contributed by atoms with van der Waals surface area (Å²) in [6, 6.07) is 50.2. The highest BCUT2D eigenvalue weighted by molar-refractivity contribution is 6.12. The zero-order valence-corrected chi connectivity index (χ0v) is 44.2. The van der Waals surface area contributed by atoms with Gasteiger partial charge in [0.2, 0.25) is 11.2 Å². The van der Waals surface area contributed by atoms with Crippen molar-refractivity contribution in [2.75, 3.05) is 6.61 Å². The van der Waals surface area contributed by atoms with Crippen LogP contribution >= 0.6 is 0 Å². The molecule has 2 saturated heterocycles. The maximum atomic E-state index is 17.3. The number of ether oxygens (including phenoxy) is 6. The Hall–Kier alpha value is -7.42. The van der Waals surface area contributed by atoms with Gasteiger partial charge in [0.1, 0.15) is 30.0 Å². The van der Waals surface area contributed by atoms with Crippen molar-refractivity contribution < 1.29 is 82.7 Å². The van der Waals surface area contributed by atoms with Gasteiger partial charge in [-0.2, -0.15) is 0 Å². The number of hydrogen-bond donors (Lipinski definition) is 5. The maximum Gasteiger partial charge on any atom is 0.303 e. The molecule has 6 aromatic carbocycles. The molecule has 79 heavy (non-hydrogen) atoms. The molecule has 0 spiro atoms. The molecule has 2 heterocycles. The van der Waals surface area contributed by atoms with Gasteiger partial charge in [0.05, 0.1) is 12.0 Å². The van der Waals surface area contributed by atoms with Crippen molar-refractivity contribution in [3.63, 3.8) is 0 Å². The molecule has 17 heteroatoms. The fourth-order valence-corrected chi connectivity index (χ4v) is 12.2. The SMILES string of the molecule is CC(=O)O[C@@]1(C(C)=O)[C@@](OC(C)=O)(C(C)=O)[C@@H](O)[C@@H](O[C@H]2O[C@H](CO)[C@@H](O)[C@H](O)[C@H]2O)O[C@]1(C(C)=O)C(OC(c1ccccc1)(c1ccccc1)c1ccccc1)(C(C)=O)C(c1ccccc1)(c1ccccc1)c1ccccc1. The van der Waals surface area contributed by atoms with Gasteiger partial charge in [0, 0.05) is 13.8 Å². The standard InChI is InChI=1S/C62H62O17/c1-38(64)59(76-42(5)68)54(73)56(75-55-53(72)52(71)51(70)50(37-63)74-55)78-62(41(4)67,61(59,40(3)66)77-43(6)69)60(39(2)65,57(44-25-13-7-14-26-44,45-27-15-8-16-28-45)46-29-17-9-18-30-46)79-58(47-31-19-10-20-32-47,48-33-21-11-22-34-48)49-35-23-12-24-36-49/h7-36,50-56,63,70-73H,37H2,1-6H3/t50-,51-,52+,53-,54+,55-,56+,59-,60?,61+,62-/m1/s1. The van der Waals surface area contributed by atoms with Gasteiger partial charge in [-0.25, -0.2) is 0 Å². The molecule has 0 aliphatic carbocycles. The lowest BCUT2D eigenvalue weighted by Gasteiger charge is -2.68. The van der Waals surface area contributed by atoms with E-state index in [2.05, 4.69) is 0 Å². The minimum absolute atomic E-state index is 0.133. The molecule has 8 rings (SSSR count). The molecule has 2 aliphatic rings. The summed E-state index contributed by atoms with van der Waals surface area (Å²) in [6.45, 7) is 4.09. The minimum Gasteiger partial charge on any atom is -0.443 e. The van der Waals surface area contributed by atoms with Gasteiger partial charge in [-0.15, -0.1) is 0 Å². The third kappa shape index (κ3) is 8.86. The van der Waals surface area contributed by atoms with Crippen molar-refractivity contribution in [3.05, 3.63) is 215 Å². The van der Waals surface area contributed by atoms with Crippen molar-refractivity contribution >= 4 is 35.1 Å². The molecule has 0 radical (unpaired) electrons. The molecule has 0 amide bonds. The van der Waals surface area contributed by atoms with Crippen LogP contribution in [0.15, 0.2) is 182 Å². The van der Waals surface area contributed by atoms with Gasteiger partial charge in [-0.05, 0) is 61.1 Å². The Kier molecular flexibility index (Phi) is 16.6. The third-order valence-corrected chi connectivity index (χ3v) is 15.2. The first kappa shape index (κ1) is 57.7. The summed E-state index contributed by atoms with van der Waals surface area (Å²) in [7, 11) is 0. The fourth-order valence-electron chi connectivity index (χ4n) is 12.2. The second-order valence-corrected chi connectivity index (χ2v) is 19.7. The van der Waals surface area contributed by atoms with Crippen molar-refractivity contribution in [1.29, 1.82) is 0 Å². The number of aliphatic hydroxyl groups excluding tert-OH is 5. The largest absolute Gasteiger partial charge is 0.443 e. The maximum absolute atomic E-state index is 17.3. The summed E-state index contributed by atoms with van der Waals surface area (Å²) in [5.74, 6) is -8.48. The Morgan fingerprint density at radius 3 is 1.18 bits per heavy atom. The Morgan fingerprint density at radius 1 is 0.481 bits per heavy atom. The molecule has 412 valence electrons. The second-order valence-electron chi connectivity index (χ2n) is 19.7. The summed E-state index contributed by atoms with van der Waals surface area (Å²) < 4.78 is 40.3. The van der Waals surface area contributed by atoms with Crippen molar-refractivity contribution in [3.8, 4) is 0 Å². The van der Waals surface area contributed by atoms with E-state index in [1.54, 1.807) is 182 Å². The van der Waals surface area contributed by atoms with E-state index >= 15 is 19.2 Å². The molecule has 0 aromatic heterocycles. The van der Waals surface area contributed by atoms with Crippen LogP contribution in [0.2, 0.25) is 0 Å². The van der Waals surface area contributed by atoms with Crippen molar-refractivity contribution in [2.45, 2.75) is 118 Å². The first-order chi connectivity index (χ1) is 37.7. The van der Waals surface area contributed by atoms with Gasteiger partial charge in [-0.3, -0.25) is 28.8 Å². The van der Waals surface area contributed by atoms with Gasteiger partial charge in [0.25, 0.3) is 5.60 Å². The van der Waals surface area contributed by atoms with Crippen LogP contribution in [0.4, 0.5) is 0 Å². The Bertz CT molecular complexity index is 2950. The van der Waals surface area contributed by atoms with Crippen LogP contribution in [0, 0.1) is 0 Å². The third-order valence-electron chi connectivity index (χ3n) is 15.2. The lowest BCUT2D eigenvalue weighted by Crippen LogP contribution is -2.94. The number of hydrogen-bond acceptors (Lipinski definition) is 17. The summed E-state index contributed by atoms with van der Waals surface area (Å²) in [4.78, 5) is 94.7.